The van der Waals surface area contributed by atoms with Crippen molar-refractivity contribution >= 4 is 34.5 Å². The SMILES string of the molecule is NC(=S)CCN(Cc1ccccc1)C(=O)c1cccs1. The quantitative estimate of drug-likeness (QED) is 0.834. The normalized spacial score (nSPS) is 10.2. The first-order valence-corrected chi connectivity index (χ1v) is 7.60. The zero-order chi connectivity index (χ0) is 14.4. The molecular formula is C15H16N2OS2. The summed E-state index contributed by atoms with van der Waals surface area (Å²) in [7, 11) is 0. The molecule has 0 radical (unpaired) electrons. The summed E-state index contributed by atoms with van der Waals surface area (Å²) >= 11 is 6.36. The summed E-state index contributed by atoms with van der Waals surface area (Å²) in [4.78, 5) is 15.4. The average Bonchev–Trinajstić information content (AvgIpc) is 2.97. The molecule has 0 saturated heterocycles. The molecule has 104 valence electrons. The molecule has 0 aliphatic heterocycles. The molecule has 2 N–H and O–H groups in total. The fourth-order valence-corrected chi connectivity index (χ4v) is 2.64. The van der Waals surface area contributed by atoms with Crippen molar-refractivity contribution in [1.82, 2.24) is 4.90 Å². The maximum Gasteiger partial charge on any atom is 0.264 e. The van der Waals surface area contributed by atoms with Crippen molar-refractivity contribution in [2.45, 2.75) is 13.0 Å². The highest BCUT2D eigenvalue weighted by Crippen LogP contribution is 2.15. The Labute approximate surface area is 128 Å². The van der Waals surface area contributed by atoms with Crippen molar-refractivity contribution < 1.29 is 4.79 Å². The lowest BCUT2D eigenvalue weighted by molar-refractivity contribution is 0.0753. The molecule has 0 saturated carbocycles. The third-order valence-electron chi connectivity index (χ3n) is 2.86. The molecule has 20 heavy (non-hydrogen) atoms. The number of hydrogen-bond donors (Lipinski definition) is 1. The van der Waals surface area contributed by atoms with Crippen LogP contribution in [0.1, 0.15) is 21.7 Å². The predicted octanol–water partition coefficient (Wildman–Crippen LogP) is 3.07. The molecule has 1 aromatic carbocycles. The lowest BCUT2D eigenvalue weighted by Crippen LogP contribution is -2.32. The molecule has 1 amide bonds. The van der Waals surface area contributed by atoms with Crippen LogP contribution in [0.25, 0.3) is 0 Å². The second-order valence-corrected chi connectivity index (χ2v) is 5.88. The van der Waals surface area contributed by atoms with Crippen LogP contribution in [0.4, 0.5) is 0 Å². The summed E-state index contributed by atoms with van der Waals surface area (Å²) in [5.74, 6) is 0.0279. The minimum absolute atomic E-state index is 0.0279. The lowest BCUT2D eigenvalue weighted by Gasteiger charge is -2.22. The van der Waals surface area contributed by atoms with Gasteiger partial charge in [-0.25, -0.2) is 0 Å². The zero-order valence-corrected chi connectivity index (χ0v) is 12.6. The molecule has 0 spiro atoms. The summed E-state index contributed by atoms with van der Waals surface area (Å²) in [6.45, 7) is 1.11. The lowest BCUT2D eigenvalue weighted by atomic mass is 10.2. The molecule has 5 heteroatoms. The third kappa shape index (κ3) is 4.15. The van der Waals surface area contributed by atoms with Crippen LogP contribution in [-0.2, 0) is 6.54 Å². The highest BCUT2D eigenvalue weighted by molar-refractivity contribution is 7.80. The van der Waals surface area contributed by atoms with E-state index in [0.29, 0.717) is 24.5 Å². The number of hydrogen-bond acceptors (Lipinski definition) is 3. The van der Waals surface area contributed by atoms with Crippen LogP contribution in [0.3, 0.4) is 0 Å². The Balaban J connectivity index is 2.12. The van der Waals surface area contributed by atoms with Gasteiger partial charge in [-0.1, -0.05) is 48.6 Å². The van der Waals surface area contributed by atoms with Gasteiger partial charge in [-0.05, 0) is 17.0 Å². The van der Waals surface area contributed by atoms with Crippen molar-refractivity contribution in [3.63, 3.8) is 0 Å². The molecule has 0 bridgehead atoms. The van der Waals surface area contributed by atoms with Crippen molar-refractivity contribution in [2.24, 2.45) is 5.73 Å². The fourth-order valence-electron chi connectivity index (χ4n) is 1.86. The summed E-state index contributed by atoms with van der Waals surface area (Å²) < 4.78 is 0. The van der Waals surface area contributed by atoms with Gasteiger partial charge >= 0.3 is 0 Å². The second kappa shape index (κ2) is 7.17. The Morgan fingerprint density at radius 1 is 1.20 bits per heavy atom. The number of benzene rings is 1. The van der Waals surface area contributed by atoms with Gasteiger partial charge in [0.25, 0.3) is 5.91 Å². The van der Waals surface area contributed by atoms with Crippen molar-refractivity contribution in [3.8, 4) is 0 Å². The van der Waals surface area contributed by atoms with Crippen LogP contribution in [-0.4, -0.2) is 22.3 Å². The average molecular weight is 304 g/mol. The molecule has 1 aromatic heterocycles. The molecule has 0 aliphatic rings. The number of amides is 1. The summed E-state index contributed by atoms with van der Waals surface area (Å²) in [5.41, 5.74) is 6.65. The predicted molar refractivity (Wildman–Crippen MR) is 86.9 cm³/mol. The standard InChI is InChI=1S/C15H16N2OS2/c16-14(19)8-9-17(11-12-5-2-1-3-6-12)15(18)13-7-4-10-20-13/h1-7,10H,8-9,11H2,(H2,16,19). The Hall–Kier alpha value is -1.72. The van der Waals surface area contributed by atoms with Crippen LogP contribution in [0.2, 0.25) is 0 Å². The largest absolute Gasteiger partial charge is 0.393 e. The molecule has 3 nitrogen and oxygen atoms in total. The van der Waals surface area contributed by atoms with Crippen LogP contribution in [0.5, 0.6) is 0 Å². The highest BCUT2D eigenvalue weighted by atomic mass is 32.1. The number of nitrogens with two attached hydrogens (primary N) is 1. The summed E-state index contributed by atoms with van der Waals surface area (Å²) in [5, 5.41) is 1.90. The molecule has 2 rings (SSSR count). The second-order valence-electron chi connectivity index (χ2n) is 4.41. The topological polar surface area (TPSA) is 46.3 Å². The Morgan fingerprint density at radius 3 is 2.55 bits per heavy atom. The van der Waals surface area contributed by atoms with Crippen molar-refractivity contribution in [2.75, 3.05) is 6.54 Å². The number of carbonyl (C=O) groups excluding carboxylic acids is 1. The van der Waals surface area contributed by atoms with E-state index >= 15 is 0 Å². The minimum Gasteiger partial charge on any atom is -0.393 e. The van der Waals surface area contributed by atoms with Gasteiger partial charge in [0.2, 0.25) is 0 Å². The first-order valence-electron chi connectivity index (χ1n) is 6.32. The van der Waals surface area contributed by atoms with Crippen LogP contribution >= 0.6 is 23.6 Å². The van der Waals surface area contributed by atoms with E-state index in [4.69, 9.17) is 18.0 Å². The Bertz CT molecular complexity index is 567. The van der Waals surface area contributed by atoms with Crippen LogP contribution < -0.4 is 5.73 Å². The van der Waals surface area contributed by atoms with E-state index in [-0.39, 0.29) is 5.91 Å². The number of rotatable bonds is 6. The molecular weight excluding hydrogens is 288 g/mol. The van der Waals surface area contributed by atoms with Gasteiger partial charge in [0, 0.05) is 19.5 Å². The van der Waals surface area contributed by atoms with E-state index in [9.17, 15) is 4.79 Å². The fraction of sp³-hybridized carbons (Fsp3) is 0.200. The maximum atomic E-state index is 12.5. The highest BCUT2D eigenvalue weighted by Gasteiger charge is 2.17. The van der Waals surface area contributed by atoms with Gasteiger partial charge in [0.1, 0.15) is 0 Å². The minimum atomic E-state index is 0.0279. The Kier molecular flexibility index (Phi) is 5.26. The molecule has 0 atom stereocenters. The van der Waals surface area contributed by atoms with Gasteiger partial charge in [0.15, 0.2) is 0 Å². The van der Waals surface area contributed by atoms with E-state index in [1.807, 2.05) is 47.8 Å². The van der Waals surface area contributed by atoms with Crippen LogP contribution in [0, 0.1) is 0 Å². The third-order valence-corrected chi connectivity index (χ3v) is 3.93. The first-order chi connectivity index (χ1) is 9.66. The van der Waals surface area contributed by atoms with Crippen molar-refractivity contribution in [3.05, 3.63) is 58.3 Å². The molecule has 0 aliphatic carbocycles. The van der Waals surface area contributed by atoms with E-state index in [1.165, 1.54) is 11.3 Å². The summed E-state index contributed by atoms with van der Waals surface area (Å²) in [6.07, 6.45) is 0.541. The maximum absolute atomic E-state index is 12.5. The first kappa shape index (κ1) is 14.7. The van der Waals surface area contributed by atoms with Gasteiger partial charge in [0.05, 0.1) is 9.87 Å². The summed E-state index contributed by atoms with van der Waals surface area (Å²) in [6, 6.07) is 13.6. The monoisotopic (exact) mass is 304 g/mol. The van der Waals surface area contributed by atoms with E-state index in [0.717, 1.165) is 10.4 Å². The molecule has 0 unspecified atom stereocenters. The van der Waals surface area contributed by atoms with Crippen LogP contribution in [0.15, 0.2) is 47.8 Å². The van der Waals surface area contributed by atoms with Gasteiger partial charge in [-0.2, -0.15) is 0 Å². The molecule has 1 heterocycles. The molecule has 0 fully saturated rings. The van der Waals surface area contributed by atoms with Gasteiger partial charge in [-0.3, -0.25) is 4.79 Å². The number of nitrogens with zero attached hydrogens (tertiary/aromatic N) is 1. The van der Waals surface area contributed by atoms with Crippen molar-refractivity contribution in [1.29, 1.82) is 0 Å². The van der Waals surface area contributed by atoms with Gasteiger partial charge < -0.3 is 10.6 Å². The smallest absolute Gasteiger partial charge is 0.264 e. The van der Waals surface area contributed by atoms with E-state index < -0.39 is 0 Å². The van der Waals surface area contributed by atoms with E-state index in [1.54, 1.807) is 4.90 Å². The van der Waals surface area contributed by atoms with E-state index in [2.05, 4.69) is 0 Å². The molecule has 2 aromatic rings. The van der Waals surface area contributed by atoms with Gasteiger partial charge in [-0.15, -0.1) is 11.3 Å². The number of carbonyl (C=O) groups is 1. The number of thiocarbonyl (C=S) groups is 1. The number of thiophene rings is 1. The zero-order valence-electron chi connectivity index (χ0n) is 11.0. The Morgan fingerprint density at radius 2 is 1.95 bits per heavy atom.